The molecule has 1 heterocycles. The molecule has 36 heavy (non-hydrogen) atoms. The predicted octanol–water partition coefficient (Wildman–Crippen LogP) is 4.60. The summed E-state index contributed by atoms with van der Waals surface area (Å²) in [6, 6.07) is 14.6. The van der Waals surface area contributed by atoms with E-state index in [4.69, 9.17) is 5.11 Å². The van der Waals surface area contributed by atoms with Crippen molar-refractivity contribution in [2.45, 2.75) is 59.0 Å². The number of hydrogen-bond donors (Lipinski definition) is 3. The van der Waals surface area contributed by atoms with Gasteiger partial charge in [0, 0.05) is 43.1 Å². The first-order chi connectivity index (χ1) is 17.1. The number of carbonyl (C=O) groups is 3. The zero-order chi connectivity index (χ0) is 26.2. The van der Waals surface area contributed by atoms with Gasteiger partial charge in [0.05, 0.1) is 12.8 Å². The monoisotopic (exact) mass is 494 g/mol. The number of aryl methyl sites for hydroxylation is 1. The average Bonchev–Trinajstić information content (AvgIpc) is 2.81. The Morgan fingerprint density at radius 3 is 2.33 bits per heavy atom. The van der Waals surface area contributed by atoms with Gasteiger partial charge in [0.2, 0.25) is 5.91 Å². The largest absolute Gasteiger partial charge is 0.481 e. The quantitative estimate of drug-likeness (QED) is 0.473. The van der Waals surface area contributed by atoms with Crippen LogP contribution in [0.1, 0.15) is 44.7 Å². The van der Waals surface area contributed by atoms with Gasteiger partial charge >= 0.3 is 12.0 Å². The van der Waals surface area contributed by atoms with Crippen molar-refractivity contribution in [2.75, 3.05) is 30.3 Å². The standard InChI is InChI=1S/C28H38N4O4/c1-19(2)15-24-18-31(21(4)16-27(34)35)13-14-32(24)26(33)17-22-9-11-23(12-10-22)29-28(36)30-25-8-6-5-7-20(25)3/h5-12,19,21,24H,13-18H2,1-4H3,(H,34,35)(H2,29,30,36). The van der Waals surface area contributed by atoms with E-state index in [9.17, 15) is 14.4 Å². The number of nitrogens with one attached hydrogen (secondary N) is 2. The highest BCUT2D eigenvalue weighted by atomic mass is 16.4. The number of anilines is 2. The van der Waals surface area contributed by atoms with E-state index in [2.05, 4.69) is 29.4 Å². The Morgan fingerprint density at radius 2 is 1.69 bits per heavy atom. The zero-order valence-corrected chi connectivity index (χ0v) is 21.7. The van der Waals surface area contributed by atoms with E-state index in [0.717, 1.165) is 23.2 Å². The Balaban J connectivity index is 1.58. The lowest BCUT2D eigenvalue weighted by Gasteiger charge is -2.44. The number of amides is 3. The third-order valence-corrected chi connectivity index (χ3v) is 6.63. The molecule has 194 valence electrons. The number of hydrogen-bond acceptors (Lipinski definition) is 4. The fraction of sp³-hybridized carbons (Fsp3) is 0.464. The smallest absolute Gasteiger partial charge is 0.323 e. The summed E-state index contributed by atoms with van der Waals surface area (Å²) in [7, 11) is 0. The Morgan fingerprint density at radius 1 is 1.00 bits per heavy atom. The van der Waals surface area contributed by atoms with Crippen LogP contribution in [0.25, 0.3) is 0 Å². The van der Waals surface area contributed by atoms with Gasteiger partial charge in [0.1, 0.15) is 0 Å². The van der Waals surface area contributed by atoms with Gasteiger partial charge in [0.25, 0.3) is 0 Å². The molecule has 0 radical (unpaired) electrons. The molecule has 8 heteroatoms. The van der Waals surface area contributed by atoms with E-state index in [0.29, 0.717) is 31.2 Å². The Hall–Kier alpha value is -3.39. The highest BCUT2D eigenvalue weighted by molar-refractivity contribution is 6.00. The third kappa shape index (κ3) is 7.81. The molecule has 8 nitrogen and oxygen atoms in total. The number of urea groups is 1. The minimum absolute atomic E-state index is 0.0579. The normalized spacial score (nSPS) is 17.0. The second kappa shape index (κ2) is 12.5. The summed E-state index contributed by atoms with van der Waals surface area (Å²) in [5.41, 5.74) is 3.27. The summed E-state index contributed by atoms with van der Waals surface area (Å²) in [4.78, 5) is 40.9. The van der Waals surface area contributed by atoms with Gasteiger partial charge in [-0.2, -0.15) is 0 Å². The lowest BCUT2D eigenvalue weighted by Crippen LogP contribution is -2.57. The van der Waals surface area contributed by atoms with Crippen molar-refractivity contribution >= 4 is 29.3 Å². The van der Waals surface area contributed by atoms with Crippen molar-refractivity contribution in [3.8, 4) is 0 Å². The second-order valence-electron chi connectivity index (χ2n) is 10.1. The maximum Gasteiger partial charge on any atom is 0.323 e. The molecule has 0 spiro atoms. The topological polar surface area (TPSA) is 102 Å². The Labute approximate surface area is 213 Å². The molecule has 0 aliphatic carbocycles. The molecule has 3 N–H and O–H groups in total. The zero-order valence-electron chi connectivity index (χ0n) is 21.7. The summed E-state index contributed by atoms with van der Waals surface area (Å²) < 4.78 is 0. The van der Waals surface area contributed by atoms with E-state index >= 15 is 0 Å². The summed E-state index contributed by atoms with van der Waals surface area (Å²) in [6.45, 7) is 10.1. The van der Waals surface area contributed by atoms with Gasteiger partial charge in [-0.05, 0) is 55.5 Å². The molecule has 1 fully saturated rings. The van der Waals surface area contributed by atoms with Crippen molar-refractivity contribution in [2.24, 2.45) is 5.92 Å². The molecule has 2 aromatic rings. The number of nitrogens with zero attached hydrogens (tertiary/aromatic N) is 2. The molecule has 2 atom stereocenters. The van der Waals surface area contributed by atoms with Crippen LogP contribution in [0.4, 0.5) is 16.2 Å². The van der Waals surface area contributed by atoms with E-state index in [-0.39, 0.29) is 36.9 Å². The van der Waals surface area contributed by atoms with E-state index in [1.807, 2.05) is 55.1 Å². The first kappa shape index (κ1) is 27.2. The van der Waals surface area contributed by atoms with Crippen LogP contribution >= 0.6 is 0 Å². The van der Waals surface area contributed by atoms with Crippen LogP contribution in [0.3, 0.4) is 0 Å². The van der Waals surface area contributed by atoms with Crippen molar-refractivity contribution in [3.63, 3.8) is 0 Å². The summed E-state index contributed by atoms with van der Waals surface area (Å²) in [5, 5.41) is 14.8. The van der Waals surface area contributed by atoms with Crippen LogP contribution in [0.5, 0.6) is 0 Å². The van der Waals surface area contributed by atoms with Gasteiger partial charge in [0.15, 0.2) is 0 Å². The number of carboxylic acids is 1. The molecule has 1 aliphatic heterocycles. The number of aliphatic carboxylic acids is 1. The van der Waals surface area contributed by atoms with Crippen molar-refractivity contribution in [1.82, 2.24) is 9.80 Å². The van der Waals surface area contributed by atoms with Crippen LogP contribution in [-0.4, -0.2) is 64.5 Å². The SMILES string of the molecule is Cc1ccccc1NC(=O)Nc1ccc(CC(=O)N2CCN(C(C)CC(=O)O)CC2CC(C)C)cc1. The first-order valence-electron chi connectivity index (χ1n) is 12.6. The van der Waals surface area contributed by atoms with Crippen LogP contribution < -0.4 is 10.6 Å². The number of piperazine rings is 1. The lowest BCUT2D eigenvalue weighted by atomic mass is 9.98. The molecule has 0 saturated carbocycles. The summed E-state index contributed by atoms with van der Waals surface area (Å²) in [5.74, 6) is -0.299. The number of rotatable bonds is 9. The summed E-state index contributed by atoms with van der Waals surface area (Å²) in [6.07, 6.45) is 1.27. The fourth-order valence-electron chi connectivity index (χ4n) is 4.72. The third-order valence-electron chi connectivity index (χ3n) is 6.63. The maximum atomic E-state index is 13.2. The molecule has 1 saturated heterocycles. The molecule has 0 aromatic heterocycles. The predicted molar refractivity (Wildman–Crippen MR) is 142 cm³/mol. The molecule has 3 rings (SSSR count). The van der Waals surface area contributed by atoms with E-state index in [1.165, 1.54) is 0 Å². The van der Waals surface area contributed by atoms with Gasteiger partial charge < -0.3 is 20.6 Å². The average molecular weight is 495 g/mol. The van der Waals surface area contributed by atoms with Crippen LogP contribution in [0.2, 0.25) is 0 Å². The van der Waals surface area contributed by atoms with Gasteiger partial charge in [-0.1, -0.05) is 44.2 Å². The molecule has 2 unspecified atom stereocenters. The number of carboxylic acid groups (broad SMARTS) is 1. The van der Waals surface area contributed by atoms with Crippen molar-refractivity contribution < 1.29 is 19.5 Å². The van der Waals surface area contributed by atoms with Crippen molar-refractivity contribution in [3.05, 3.63) is 59.7 Å². The Kier molecular flexibility index (Phi) is 9.47. The highest BCUT2D eigenvalue weighted by Crippen LogP contribution is 2.22. The van der Waals surface area contributed by atoms with Crippen LogP contribution in [0.15, 0.2) is 48.5 Å². The van der Waals surface area contributed by atoms with Crippen molar-refractivity contribution in [1.29, 1.82) is 0 Å². The number of para-hydroxylation sites is 1. The van der Waals surface area contributed by atoms with Gasteiger partial charge in [-0.15, -0.1) is 0 Å². The van der Waals surface area contributed by atoms with Crippen LogP contribution in [-0.2, 0) is 16.0 Å². The maximum absolute atomic E-state index is 13.2. The Bertz CT molecular complexity index is 1050. The van der Waals surface area contributed by atoms with Gasteiger partial charge in [-0.3, -0.25) is 14.5 Å². The molecular formula is C28H38N4O4. The van der Waals surface area contributed by atoms with E-state index < -0.39 is 5.97 Å². The molecular weight excluding hydrogens is 456 g/mol. The molecule has 2 aromatic carbocycles. The molecule has 3 amide bonds. The minimum Gasteiger partial charge on any atom is -0.481 e. The number of benzene rings is 2. The molecule has 1 aliphatic rings. The van der Waals surface area contributed by atoms with Crippen LogP contribution in [0, 0.1) is 12.8 Å². The minimum atomic E-state index is -0.799. The number of carbonyl (C=O) groups excluding carboxylic acids is 2. The first-order valence-corrected chi connectivity index (χ1v) is 12.6. The van der Waals surface area contributed by atoms with E-state index in [1.54, 1.807) is 12.1 Å². The second-order valence-corrected chi connectivity index (χ2v) is 10.1. The fourth-order valence-corrected chi connectivity index (χ4v) is 4.72. The summed E-state index contributed by atoms with van der Waals surface area (Å²) >= 11 is 0. The molecule has 0 bridgehead atoms. The lowest BCUT2D eigenvalue weighted by molar-refractivity contribution is -0.141. The van der Waals surface area contributed by atoms with Gasteiger partial charge in [-0.25, -0.2) is 4.79 Å². The highest BCUT2D eigenvalue weighted by Gasteiger charge is 2.33.